The maximum absolute atomic E-state index is 5.67. The Morgan fingerprint density at radius 2 is 1.61 bits per heavy atom. The summed E-state index contributed by atoms with van der Waals surface area (Å²) in [6.07, 6.45) is 9.21. The van der Waals surface area contributed by atoms with Gasteiger partial charge in [0, 0.05) is 19.6 Å². The van der Waals surface area contributed by atoms with Crippen molar-refractivity contribution in [3.05, 3.63) is 35.9 Å². The lowest BCUT2D eigenvalue weighted by molar-refractivity contribution is -0.0481. The van der Waals surface area contributed by atoms with Crippen molar-refractivity contribution in [2.24, 2.45) is 11.3 Å². The van der Waals surface area contributed by atoms with Gasteiger partial charge in [-0.3, -0.25) is 0 Å². The fraction of sp³-hybridized carbons (Fsp3) is 0.714. The Morgan fingerprint density at radius 3 is 2.17 bits per heavy atom. The third kappa shape index (κ3) is 5.06. The standard InChI is InChI=1S/C21H34O2/c1-18(19-10-6-4-7-11-19)14-15-21(16-22-2,17-23-3)20-12-8-5-9-13-20/h4,6-7,10-11,18,20H,5,8-9,12-17H2,1-3H3. The number of rotatable bonds is 9. The van der Waals surface area contributed by atoms with Crippen molar-refractivity contribution in [2.75, 3.05) is 27.4 Å². The summed E-state index contributed by atoms with van der Waals surface area (Å²) in [5, 5.41) is 0. The SMILES string of the molecule is COCC(CCC(C)c1ccccc1)(COC)C1CCCCC1. The van der Waals surface area contributed by atoms with Gasteiger partial charge in [-0.2, -0.15) is 0 Å². The second-order valence-electron chi connectivity index (χ2n) is 7.41. The first kappa shape index (κ1) is 18.5. The van der Waals surface area contributed by atoms with Gasteiger partial charge in [-0.25, -0.2) is 0 Å². The quantitative estimate of drug-likeness (QED) is 0.604. The van der Waals surface area contributed by atoms with Crippen LogP contribution in [0.2, 0.25) is 0 Å². The molecule has 0 aromatic heterocycles. The number of hydrogen-bond acceptors (Lipinski definition) is 2. The zero-order valence-corrected chi connectivity index (χ0v) is 15.2. The van der Waals surface area contributed by atoms with Crippen LogP contribution in [0.3, 0.4) is 0 Å². The van der Waals surface area contributed by atoms with Gasteiger partial charge >= 0.3 is 0 Å². The van der Waals surface area contributed by atoms with Crippen LogP contribution in [-0.2, 0) is 9.47 Å². The zero-order valence-electron chi connectivity index (χ0n) is 15.2. The topological polar surface area (TPSA) is 18.5 Å². The Morgan fingerprint density at radius 1 is 1.00 bits per heavy atom. The molecular formula is C21H34O2. The highest BCUT2D eigenvalue weighted by Gasteiger charge is 2.39. The van der Waals surface area contributed by atoms with Gasteiger partial charge in [0.25, 0.3) is 0 Å². The molecule has 2 nitrogen and oxygen atoms in total. The van der Waals surface area contributed by atoms with E-state index in [1.165, 1.54) is 50.5 Å². The third-order valence-corrected chi connectivity index (χ3v) is 5.78. The van der Waals surface area contributed by atoms with Gasteiger partial charge in [0.1, 0.15) is 0 Å². The smallest absolute Gasteiger partial charge is 0.0543 e. The summed E-state index contributed by atoms with van der Waals surface area (Å²) in [6, 6.07) is 10.9. The van der Waals surface area contributed by atoms with E-state index in [4.69, 9.17) is 9.47 Å². The van der Waals surface area contributed by atoms with Crippen LogP contribution in [0.4, 0.5) is 0 Å². The average Bonchev–Trinajstić information content (AvgIpc) is 2.61. The Hall–Kier alpha value is -0.860. The Kier molecular flexibility index (Phi) is 7.58. The van der Waals surface area contributed by atoms with Crippen molar-refractivity contribution in [3.63, 3.8) is 0 Å². The fourth-order valence-corrected chi connectivity index (χ4v) is 4.37. The molecule has 0 N–H and O–H groups in total. The van der Waals surface area contributed by atoms with Crippen molar-refractivity contribution in [1.29, 1.82) is 0 Å². The lowest BCUT2D eigenvalue weighted by Crippen LogP contribution is -2.40. The van der Waals surface area contributed by atoms with Gasteiger partial charge in [0.15, 0.2) is 0 Å². The minimum Gasteiger partial charge on any atom is -0.384 e. The van der Waals surface area contributed by atoms with Crippen molar-refractivity contribution in [2.45, 2.75) is 57.8 Å². The normalized spacial score (nSPS) is 18.0. The van der Waals surface area contributed by atoms with E-state index < -0.39 is 0 Å². The maximum atomic E-state index is 5.67. The largest absolute Gasteiger partial charge is 0.384 e. The number of ether oxygens (including phenoxy) is 2. The first-order chi connectivity index (χ1) is 11.2. The second-order valence-corrected chi connectivity index (χ2v) is 7.41. The van der Waals surface area contributed by atoms with Gasteiger partial charge in [-0.15, -0.1) is 0 Å². The summed E-state index contributed by atoms with van der Waals surface area (Å²) in [7, 11) is 3.68. The first-order valence-corrected chi connectivity index (χ1v) is 9.24. The van der Waals surface area contributed by atoms with Crippen LogP contribution < -0.4 is 0 Å². The van der Waals surface area contributed by atoms with Gasteiger partial charge < -0.3 is 9.47 Å². The predicted molar refractivity (Wildman–Crippen MR) is 96.9 cm³/mol. The molecule has 0 bridgehead atoms. The molecule has 1 aromatic rings. The van der Waals surface area contributed by atoms with Crippen molar-refractivity contribution in [1.82, 2.24) is 0 Å². The molecule has 1 atom stereocenters. The fourth-order valence-electron chi connectivity index (χ4n) is 4.37. The zero-order chi connectivity index (χ0) is 16.5. The number of hydrogen-bond donors (Lipinski definition) is 0. The van der Waals surface area contributed by atoms with Gasteiger partial charge in [0.2, 0.25) is 0 Å². The molecule has 0 amide bonds. The molecule has 0 heterocycles. The lowest BCUT2D eigenvalue weighted by Gasteiger charge is -2.42. The summed E-state index contributed by atoms with van der Waals surface area (Å²) < 4.78 is 11.3. The van der Waals surface area contributed by atoms with Crippen LogP contribution in [0.1, 0.15) is 63.4 Å². The van der Waals surface area contributed by atoms with Crippen LogP contribution in [0.25, 0.3) is 0 Å². The molecule has 1 aliphatic rings. The minimum atomic E-state index is 0.187. The molecule has 130 valence electrons. The second kappa shape index (κ2) is 9.44. The molecule has 1 saturated carbocycles. The first-order valence-electron chi connectivity index (χ1n) is 9.24. The molecule has 2 heteroatoms. The molecular weight excluding hydrogens is 284 g/mol. The Balaban J connectivity index is 2.06. The van der Waals surface area contributed by atoms with Gasteiger partial charge in [-0.1, -0.05) is 56.5 Å². The summed E-state index contributed by atoms with van der Waals surface area (Å²) >= 11 is 0. The van der Waals surface area contributed by atoms with Crippen LogP contribution in [0.5, 0.6) is 0 Å². The van der Waals surface area contributed by atoms with E-state index in [1.54, 1.807) is 0 Å². The molecule has 0 saturated heterocycles. The summed E-state index contributed by atoms with van der Waals surface area (Å²) in [5.41, 5.74) is 1.63. The molecule has 1 unspecified atom stereocenters. The van der Waals surface area contributed by atoms with Crippen LogP contribution in [0.15, 0.2) is 30.3 Å². The minimum absolute atomic E-state index is 0.187. The molecule has 1 aliphatic carbocycles. The molecule has 0 radical (unpaired) electrons. The van der Waals surface area contributed by atoms with E-state index >= 15 is 0 Å². The van der Waals surface area contributed by atoms with E-state index in [2.05, 4.69) is 37.3 Å². The average molecular weight is 319 g/mol. The molecule has 0 aliphatic heterocycles. The van der Waals surface area contributed by atoms with Crippen molar-refractivity contribution < 1.29 is 9.47 Å². The molecule has 23 heavy (non-hydrogen) atoms. The van der Waals surface area contributed by atoms with Crippen LogP contribution in [-0.4, -0.2) is 27.4 Å². The third-order valence-electron chi connectivity index (χ3n) is 5.78. The molecule has 1 aromatic carbocycles. The highest BCUT2D eigenvalue weighted by molar-refractivity contribution is 5.18. The van der Waals surface area contributed by atoms with E-state index in [0.717, 1.165) is 19.1 Å². The Bertz CT molecular complexity index is 417. The Labute approximate surface area is 142 Å². The van der Waals surface area contributed by atoms with Gasteiger partial charge in [-0.05, 0) is 43.1 Å². The molecule has 0 spiro atoms. The summed E-state index contributed by atoms with van der Waals surface area (Å²) in [5.74, 6) is 1.34. The summed E-state index contributed by atoms with van der Waals surface area (Å²) in [4.78, 5) is 0. The predicted octanol–water partition coefficient (Wildman–Crippen LogP) is 5.43. The van der Waals surface area contributed by atoms with Crippen LogP contribution in [0, 0.1) is 11.3 Å². The van der Waals surface area contributed by atoms with E-state index in [1.807, 2.05) is 14.2 Å². The van der Waals surface area contributed by atoms with Crippen LogP contribution >= 0.6 is 0 Å². The summed E-state index contributed by atoms with van der Waals surface area (Å²) in [6.45, 7) is 4.00. The maximum Gasteiger partial charge on any atom is 0.0543 e. The lowest BCUT2D eigenvalue weighted by atomic mass is 9.66. The van der Waals surface area contributed by atoms with Crippen molar-refractivity contribution in [3.8, 4) is 0 Å². The van der Waals surface area contributed by atoms with E-state index in [0.29, 0.717) is 5.92 Å². The highest BCUT2D eigenvalue weighted by atomic mass is 16.5. The monoisotopic (exact) mass is 318 g/mol. The van der Waals surface area contributed by atoms with Crippen molar-refractivity contribution >= 4 is 0 Å². The number of benzene rings is 1. The number of methoxy groups -OCH3 is 2. The molecule has 1 fully saturated rings. The van der Waals surface area contributed by atoms with Gasteiger partial charge in [0.05, 0.1) is 13.2 Å². The van der Waals surface area contributed by atoms with E-state index in [9.17, 15) is 0 Å². The highest BCUT2D eigenvalue weighted by Crippen LogP contribution is 2.44. The molecule has 2 rings (SSSR count). The van der Waals surface area contributed by atoms with E-state index in [-0.39, 0.29) is 5.41 Å².